The quantitative estimate of drug-likeness (QED) is 0.0514. The second kappa shape index (κ2) is 33.1. The van der Waals surface area contributed by atoms with Crippen molar-refractivity contribution in [1.82, 2.24) is 4.90 Å². The molecule has 1 aromatic rings. The van der Waals surface area contributed by atoms with Gasteiger partial charge in [0, 0.05) is 26.4 Å². The fourth-order valence-corrected chi connectivity index (χ4v) is 8.61. The van der Waals surface area contributed by atoms with Crippen molar-refractivity contribution in [2.75, 3.05) is 13.6 Å². The van der Waals surface area contributed by atoms with Crippen molar-refractivity contribution in [3.05, 3.63) is 84.5 Å². The Balaban J connectivity index is 1.36. The largest absolute Gasteiger partial charge is 0.445 e. The lowest BCUT2D eigenvalue weighted by Crippen LogP contribution is -2.38. The van der Waals surface area contributed by atoms with E-state index >= 15 is 0 Å². The van der Waals surface area contributed by atoms with Gasteiger partial charge in [-0.1, -0.05) is 170 Å². The lowest BCUT2D eigenvalue weighted by Gasteiger charge is -2.31. The van der Waals surface area contributed by atoms with Gasteiger partial charge >= 0.3 is 6.09 Å². The number of rotatable bonds is 34. The Morgan fingerprint density at radius 3 is 1.60 bits per heavy atom. The molecule has 5 nitrogen and oxygen atoms in total. The van der Waals surface area contributed by atoms with Gasteiger partial charge in [-0.3, -0.25) is 0 Å². The number of nitrogens with zero attached hydrogens (tertiary/aromatic N) is 1. The number of benzene rings is 1. The number of ether oxygens (including phenoxy) is 3. The SMILES string of the molecule is CCCCC/C=C\C/C=C\CCCCCCCCC1(CCCCCCCC/C=C\C/C=C\CCCCC)O[C@H]2CC[C@@H](CN(C)C(=O)OCc3ccccc3)C[C@H]2O1. The third kappa shape index (κ3) is 23.2. The lowest BCUT2D eigenvalue weighted by molar-refractivity contribution is -0.186. The average molecular weight is 802 g/mol. The molecule has 3 atom stereocenters. The van der Waals surface area contributed by atoms with E-state index in [-0.39, 0.29) is 18.3 Å². The van der Waals surface area contributed by atoms with E-state index in [1.165, 1.54) is 141 Å². The lowest BCUT2D eigenvalue weighted by atomic mass is 9.85. The number of hydrogen-bond donors (Lipinski definition) is 0. The zero-order chi connectivity index (χ0) is 41.2. The molecule has 328 valence electrons. The maximum Gasteiger partial charge on any atom is 0.409 e. The number of unbranched alkanes of at least 4 members (excludes halogenated alkanes) is 18. The predicted octanol–water partition coefficient (Wildman–Crippen LogP) is 15.9. The van der Waals surface area contributed by atoms with Crippen LogP contribution in [0.1, 0.15) is 206 Å². The minimum atomic E-state index is -0.435. The van der Waals surface area contributed by atoms with E-state index in [1.54, 1.807) is 4.90 Å². The summed E-state index contributed by atoms with van der Waals surface area (Å²) >= 11 is 0. The standard InChI is InChI=1S/C53H87NO4/c1-4-6-8-10-12-14-16-18-20-22-24-26-28-30-32-37-43-53(44-38-33-31-29-27-25-23-21-19-17-15-13-11-9-7-5-2)57-50-42-41-49(45-51(50)58-53)46-54(3)52(55)56-47-48-39-35-34-36-40-48/h12-15,18-21,34-36,39-40,49-51H,4-11,16-17,22-33,37-38,41-47H2,1-3H3/b14-12-,15-13-,20-18-,21-19-/t49-,50+,51-/m1/s1. The van der Waals surface area contributed by atoms with Crippen LogP contribution in [0, 0.1) is 5.92 Å². The normalized spacial score (nSPS) is 19.3. The summed E-state index contributed by atoms with van der Waals surface area (Å²) in [7, 11) is 1.87. The summed E-state index contributed by atoms with van der Waals surface area (Å²) in [6.45, 7) is 5.54. The van der Waals surface area contributed by atoms with Gasteiger partial charge in [-0.05, 0) is 108 Å². The Kier molecular flexibility index (Phi) is 28.4. The van der Waals surface area contributed by atoms with Crippen molar-refractivity contribution in [2.45, 2.75) is 225 Å². The maximum absolute atomic E-state index is 12.8. The molecule has 5 heteroatoms. The van der Waals surface area contributed by atoms with Crippen LogP contribution in [0.4, 0.5) is 4.79 Å². The number of carbonyl (C=O) groups excluding carboxylic acids is 1. The Bertz CT molecular complexity index is 1210. The van der Waals surface area contributed by atoms with Crippen LogP contribution in [-0.4, -0.2) is 42.6 Å². The summed E-state index contributed by atoms with van der Waals surface area (Å²) in [6, 6.07) is 9.91. The first-order valence-corrected chi connectivity index (χ1v) is 24.4. The van der Waals surface area contributed by atoms with Gasteiger partial charge in [0.2, 0.25) is 0 Å². The molecule has 1 heterocycles. The molecule has 0 radical (unpaired) electrons. The fraction of sp³-hybridized carbons (Fsp3) is 0.717. The van der Waals surface area contributed by atoms with Gasteiger partial charge in [-0.2, -0.15) is 0 Å². The second-order valence-electron chi connectivity index (χ2n) is 17.5. The topological polar surface area (TPSA) is 48.0 Å². The van der Waals surface area contributed by atoms with Gasteiger partial charge in [-0.15, -0.1) is 0 Å². The number of carbonyl (C=O) groups is 1. The molecular formula is C53H87NO4. The van der Waals surface area contributed by atoms with E-state index in [9.17, 15) is 4.79 Å². The molecule has 0 unspecified atom stereocenters. The molecule has 1 amide bonds. The zero-order valence-electron chi connectivity index (χ0n) is 37.7. The minimum Gasteiger partial charge on any atom is -0.445 e. The summed E-state index contributed by atoms with van der Waals surface area (Å²) in [4.78, 5) is 14.6. The highest BCUT2D eigenvalue weighted by molar-refractivity contribution is 5.67. The van der Waals surface area contributed by atoms with Gasteiger partial charge in [0.25, 0.3) is 0 Å². The van der Waals surface area contributed by atoms with Crippen LogP contribution in [0.15, 0.2) is 78.9 Å². The van der Waals surface area contributed by atoms with Crippen molar-refractivity contribution in [2.24, 2.45) is 5.92 Å². The molecule has 0 spiro atoms. The van der Waals surface area contributed by atoms with Gasteiger partial charge in [-0.25, -0.2) is 4.79 Å². The molecule has 2 fully saturated rings. The first-order chi connectivity index (χ1) is 28.5. The minimum absolute atomic E-state index is 0.127. The van der Waals surface area contributed by atoms with E-state index in [4.69, 9.17) is 14.2 Å². The summed E-state index contributed by atoms with van der Waals surface area (Å²) in [6.07, 6.45) is 54.2. The predicted molar refractivity (Wildman–Crippen MR) is 247 cm³/mol. The molecule has 1 saturated heterocycles. The Morgan fingerprint density at radius 1 is 0.621 bits per heavy atom. The van der Waals surface area contributed by atoms with Gasteiger partial charge in [0.1, 0.15) is 6.61 Å². The number of amides is 1. The third-order valence-corrected chi connectivity index (χ3v) is 12.1. The fourth-order valence-electron chi connectivity index (χ4n) is 8.61. The summed E-state index contributed by atoms with van der Waals surface area (Å²) in [5, 5.41) is 0. The highest BCUT2D eigenvalue weighted by Crippen LogP contribution is 2.44. The van der Waals surface area contributed by atoms with E-state index in [0.717, 1.165) is 50.5 Å². The Labute approximate surface area is 357 Å². The van der Waals surface area contributed by atoms with Crippen molar-refractivity contribution < 1.29 is 19.0 Å². The summed E-state index contributed by atoms with van der Waals surface area (Å²) in [5.74, 6) is -0.0338. The first-order valence-electron chi connectivity index (χ1n) is 24.4. The second-order valence-corrected chi connectivity index (χ2v) is 17.5. The van der Waals surface area contributed by atoms with Crippen molar-refractivity contribution in [3.63, 3.8) is 0 Å². The van der Waals surface area contributed by atoms with Crippen LogP contribution < -0.4 is 0 Å². The molecule has 1 aliphatic heterocycles. The van der Waals surface area contributed by atoms with E-state index < -0.39 is 5.79 Å². The van der Waals surface area contributed by atoms with Crippen LogP contribution in [0.25, 0.3) is 0 Å². The van der Waals surface area contributed by atoms with E-state index in [2.05, 4.69) is 62.5 Å². The Hall–Kier alpha value is -2.63. The van der Waals surface area contributed by atoms with Gasteiger partial charge in [0.15, 0.2) is 5.79 Å². The van der Waals surface area contributed by atoms with Crippen LogP contribution in [0.2, 0.25) is 0 Å². The van der Waals surface area contributed by atoms with Crippen molar-refractivity contribution in [1.29, 1.82) is 0 Å². The van der Waals surface area contributed by atoms with Gasteiger partial charge < -0.3 is 19.1 Å². The van der Waals surface area contributed by atoms with Crippen LogP contribution >= 0.6 is 0 Å². The summed E-state index contributed by atoms with van der Waals surface area (Å²) in [5.41, 5.74) is 1.01. The molecule has 1 saturated carbocycles. The van der Waals surface area contributed by atoms with Crippen LogP contribution in [-0.2, 0) is 20.8 Å². The highest BCUT2D eigenvalue weighted by Gasteiger charge is 2.49. The molecule has 0 N–H and O–H groups in total. The Morgan fingerprint density at radius 2 is 1.09 bits per heavy atom. The summed E-state index contributed by atoms with van der Waals surface area (Å²) < 4.78 is 19.6. The van der Waals surface area contributed by atoms with E-state index in [1.807, 2.05) is 37.4 Å². The van der Waals surface area contributed by atoms with E-state index in [0.29, 0.717) is 19.1 Å². The van der Waals surface area contributed by atoms with Crippen LogP contribution in [0.5, 0.6) is 0 Å². The molecule has 58 heavy (non-hydrogen) atoms. The third-order valence-electron chi connectivity index (χ3n) is 12.1. The maximum atomic E-state index is 12.8. The molecule has 3 rings (SSSR count). The highest BCUT2D eigenvalue weighted by atomic mass is 16.8. The van der Waals surface area contributed by atoms with Gasteiger partial charge in [0.05, 0.1) is 12.2 Å². The number of allylic oxidation sites excluding steroid dienone is 8. The molecule has 2 aliphatic rings. The van der Waals surface area contributed by atoms with Crippen molar-refractivity contribution >= 4 is 6.09 Å². The van der Waals surface area contributed by atoms with Crippen molar-refractivity contribution in [3.8, 4) is 0 Å². The molecule has 1 aromatic carbocycles. The molecule has 1 aliphatic carbocycles. The number of fused-ring (bicyclic) bond motifs is 1. The molecular weight excluding hydrogens is 715 g/mol. The average Bonchev–Trinajstić information content (AvgIpc) is 3.60. The monoisotopic (exact) mass is 802 g/mol. The molecule has 0 aromatic heterocycles. The number of hydrogen-bond acceptors (Lipinski definition) is 4. The smallest absolute Gasteiger partial charge is 0.409 e. The molecule has 0 bridgehead atoms. The zero-order valence-corrected chi connectivity index (χ0v) is 37.7. The first kappa shape index (κ1) is 49.7. The van der Waals surface area contributed by atoms with Crippen LogP contribution in [0.3, 0.4) is 0 Å².